The van der Waals surface area contributed by atoms with Gasteiger partial charge in [-0.05, 0) is 26.2 Å². The van der Waals surface area contributed by atoms with Gasteiger partial charge in [-0.15, -0.1) is 0 Å². The van der Waals surface area contributed by atoms with Crippen molar-refractivity contribution in [1.29, 1.82) is 5.41 Å². The molecule has 0 aliphatic carbocycles. The number of likely N-dealkylation sites (N-methyl/N-ethyl adjacent to an activating group) is 2. The zero-order chi connectivity index (χ0) is 12.1. The Kier molecular flexibility index (Phi) is 4.25. The first-order chi connectivity index (χ1) is 7.50. The van der Waals surface area contributed by atoms with E-state index in [-0.39, 0.29) is 5.84 Å². The van der Waals surface area contributed by atoms with Gasteiger partial charge in [0.15, 0.2) is 0 Å². The van der Waals surface area contributed by atoms with Crippen LogP contribution in [0.5, 0.6) is 0 Å². The van der Waals surface area contributed by atoms with Crippen molar-refractivity contribution in [1.82, 2.24) is 9.88 Å². The monoisotopic (exact) mass is 221 g/mol. The second-order valence-electron chi connectivity index (χ2n) is 4.04. The molecule has 3 N–H and O–H groups in total. The third kappa shape index (κ3) is 3.51. The number of nitrogens with one attached hydrogen (secondary N) is 1. The van der Waals surface area contributed by atoms with E-state index in [9.17, 15) is 0 Å². The Hall–Kier alpha value is -1.62. The first-order valence-electron chi connectivity index (χ1n) is 5.17. The summed E-state index contributed by atoms with van der Waals surface area (Å²) in [6.45, 7) is 1.91. The molecule has 0 bridgehead atoms. The molecule has 0 aromatic carbocycles. The van der Waals surface area contributed by atoms with Crippen LogP contribution in [0.2, 0.25) is 0 Å². The molecule has 0 saturated heterocycles. The molecule has 0 fully saturated rings. The summed E-state index contributed by atoms with van der Waals surface area (Å²) in [6.07, 6.45) is 1.68. The maximum absolute atomic E-state index is 7.33. The van der Waals surface area contributed by atoms with Crippen LogP contribution in [0.3, 0.4) is 0 Å². The Labute approximate surface area is 96.4 Å². The van der Waals surface area contributed by atoms with Crippen LogP contribution < -0.4 is 10.6 Å². The summed E-state index contributed by atoms with van der Waals surface area (Å²) < 4.78 is 0. The van der Waals surface area contributed by atoms with Crippen LogP contribution in [0.4, 0.5) is 5.69 Å². The van der Waals surface area contributed by atoms with Crippen molar-refractivity contribution in [2.45, 2.75) is 0 Å². The van der Waals surface area contributed by atoms with E-state index in [4.69, 9.17) is 11.1 Å². The molecule has 5 nitrogen and oxygen atoms in total. The molecule has 0 aliphatic rings. The van der Waals surface area contributed by atoms with Crippen molar-refractivity contribution in [3.05, 3.63) is 24.0 Å². The van der Waals surface area contributed by atoms with E-state index in [1.54, 1.807) is 6.20 Å². The fourth-order valence-corrected chi connectivity index (χ4v) is 1.28. The maximum Gasteiger partial charge on any atom is 0.141 e. The number of nitrogens with zero attached hydrogens (tertiary/aromatic N) is 3. The summed E-state index contributed by atoms with van der Waals surface area (Å²) >= 11 is 0. The molecule has 0 saturated carbocycles. The summed E-state index contributed by atoms with van der Waals surface area (Å²) in [5.41, 5.74) is 6.95. The SMILES string of the molecule is CN(C)CCN(C)c1ccnc(C(=N)N)c1. The van der Waals surface area contributed by atoms with Crippen molar-refractivity contribution >= 4 is 11.5 Å². The molecule has 0 unspecified atom stereocenters. The smallest absolute Gasteiger partial charge is 0.141 e. The molecular weight excluding hydrogens is 202 g/mol. The van der Waals surface area contributed by atoms with Crippen molar-refractivity contribution in [2.24, 2.45) is 5.73 Å². The molecule has 5 heteroatoms. The number of aromatic nitrogens is 1. The lowest BCUT2D eigenvalue weighted by molar-refractivity contribution is 0.416. The van der Waals surface area contributed by atoms with E-state index in [1.165, 1.54) is 0 Å². The maximum atomic E-state index is 7.33. The van der Waals surface area contributed by atoms with E-state index < -0.39 is 0 Å². The predicted molar refractivity (Wildman–Crippen MR) is 67.1 cm³/mol. The van der Waals surface area contributed by atoms with Gasteiger partial charge in [0.1, 0.15) is 11.5 Å². The quantitative estimate of drug-likeness (QED) is 0.556. The Morgan fingerprint density at radius 2 is 2.06 bits per heavy atom. The highest BCUT2D eigenvalue weighted by atomic mass is 15.2. The van der Waals surface area contributed by atoms with Crippen LogP contribution >= 0.6 is 0 Å². The van der Waals surface area contributed by atoms with Gasteiger partial charge in [-0.25, -0.2) is 0 Å². The third-order valence-electron chi connectivity index (χ3n) is 2.34. The predicted octanol–water partition coefficient (Wildman–Crippen LogP) is 0.363. The number of pyridine rings is 1. The number of amidine groups is 1. The van der Waals surface area contributed by atoms with Gasteiger partial charge in [0.25, 0.3) is 0 Å². The first-order valence-corrected chi connectivity index (χ1v) is 5.17. The van der Waals surface area contributed by atoms with Gasteiger partial charge in [-0.1, -0.05) is 0 Å². The van der Waals surface area contributed by atoms with Gasteiger partial charge < -0.3 is 15.5 Å². The summed E-state index contributed by atoms with van der Waals surface area (Å²) in [5, 5.41) is 7.33. The summed E-state index contributed by atoms with van der Waals surface area (Å²) in [7, 11) is 6.10. The lowest BCUT2D eigenvalue weighted by Gasteiger charge is -2.21. The standard InChI is InChI=1S/C11H19N5/c1-15(2)6-7-16(3)9-4-5-14-10(8-9)11(12)13/h4-5,8H,6-7H2,1-3H3,(H3,12,13). The Bertz CT molecular complexity index is 361. The normalized spacial score (nSPS) is 10.5. The molecule has 0 aliphatic heterocycles. The number of hydrogen-bond acceptors (Lipinski definition) is 4. The lowest BCUT2D eigenvalue weighted by atomic mass is 10.3. The number of anilines is 1. The number of nitrogens with two attached hydrogens (primary N) is 1. The van der Waals surface area contributed by atoms with Gasteiger partial charge in [-0.2, -0.15) is 0 Å². The molecule has 0 amide bonds. The van der Waals surface area contributed by atoms with Crippen LogP contribution in [0, 0.1) is 5.41 Å². The van der Waals surface area contributed by atoms with E-state index in [2.05, 4.69) is 14.8 Å². The van der Waals surface area contributed by atoms with Crippen LogP contribution in [0.1, 0.15) is 5.69 Å². The summed E-state index contributed by atoms with van der Waals surface area (Å²) in [5.74, 6) is 0.00265. The highest BCUT2D eigenvalue weighted by Crippen LogP contribution is 2.12. The second-order valence-corrected chi connectivity index (χ2v) is 4.04. The topological polar surface area (TPSA) is 69.2 Å². The van der Waals surface area contributed by atoms with Gasteiger partial charge in [0.05, 0.1) is 0 Å². The molecule has 16 heavy (non-hydrogen) atoms. The fraction of sp³-hybridized carbons (Fsp3) is 0.455. The zero-order valence-electron chi connectivity index (χ0n) is 10.1. The summed E-state index contributed by atoms with van der Waals surface area (Å²) in [4.78, 5) is 8.28. The van der Waals surface area contributed by atoms with Crippen molar-refractivity contribution in [3.63, 3.8) is 0 Å². The van der Waals surface area contributed by atoms with E-state index in [0.717, 1.165) is 18.8 Å². The van der Waals surface area contributed by atoms with Crippen LogP contribution in [-0.4, -0.2) is 50.0 Å². The lowest BCUT2D eigenvalue weighted by Crippen LogP contribution is -2.28. The molecule has 1 aromatic rings. The third-order valence-corrected chi connectivity index (χ3v) is 2.34. The van der Waals surface area contributed by atoms with Gasteiger partial charge in [-0.3, -0.25) is 10.4 Å². The van der Waals surface area contributed by atoms with Crippen LogP contribution in [0.15, 0.2) is 18.3 Å². The number of nitrogen functional groups attached to an aromatic ring is 1. The minimum atomic E-state index is 0.00265. The number of rotatable bonds is 5. The average Bonchev–Trinajstić information content (AvgIpc) is 2.26. The highest BCUT2D eigenvalue weighted by Gasteiger charge is 2.04. The minimum Gasteiger partial charge on any atom is -0.382 e. The van der Waals surface area contributed by atoms with Crippen molar-refractivity contribution in [2.75, 3.05) is 39.1 Å². The molecule has 0 spiro atoms. The second kappa shape index (κ2) is 5.46. The largest absolute Gasteiger partial charge is 0.382 e. The minimum absolute atomic E-state index is 0.00265. The van der Waals surface area contributed by atoms with Crippen LogP contribution in [-0.2, 0) is 0 Å². The van der Waals surface area contributed by atoms with Crippen molar-refractivity contribution < 1.29 is 0 Å². The van der Waals surface area contributed by atoms with Gasteiger partial charge in [0.2, 0.25) is 0 Å². The molecule has 0 radical (unpaired) electrons. The Morgan fingerprint density at radius 3 is 2.62 bits per heavy atom. The Morgan fingerprint density at radius 1 is 1.38 bits per heavy atom. The summed E-state index contributed by atoms with van der Waals surface area (Å²) in [6, 6.07) is 3.75. The highest BCUT2D eigenvalue weighted by molar-refractivity contribution is 5.93. The molecule has 1 aromatic heterocycles. The van der Waals surface area contributed by atoms with Gasteiger partial charge in [0, 0.05) is 32.0 Å². The van der Waals surface area contributed by atoms with E-state index in [1.807, 2.05) is 33.3 Å². The molecule has 88 valence electrons. The Balaban J connectivity index is 2.71. The first kappa shape index (κ1) is 12.4. The van der Waals surface area contributed by atoms with Crippen LogP contribution in [0.25, 0.3) is 0 Å². The van der Waals surface area contributed by atoms with E-state index in [0.29, 0.717) is 5.69 Å². The van der Waals surface area contributed by atoms with E-state index >= 15 is 0 Å². The number of hydrogen-bond donors (Lipinski definition) is 2. The molecule has 0 atom stereocenters. The van der Waals surface area contributed by atoms with Gasteiger partial charge >= 0.3 is 0 Å². The molecule has 1 heterocycles. The fourth-order valence-electron chi connectivity index (χ4n) is 1.28. The molecule has 1 rings (SSSR count). The zero-order valence-corrected chi connectivity index (χ0v) is 10.1. The van der Waals surface area contributed by atoms with Crippen molar-refractivity contribution in [3.8, 4) is 0 Å². The average molecular weight is 221 g/mol. The molecular formula is C11H19N5.